The summed E-state index contributed by atoms with van der Waals surface area (Å²) < 4.78 is 6.19. The summed E-state index contributed by atoms with van der Waals surface area (Å²) in [6.45, 7) is 0.566. The van der Waals surface area contributed by atoms with Gasteiger partial charge in [-0.25, -0.2) is 0 Å². The van der Waals surface area contributed by atoms with Crippen molar-refractivity contribution in [1.29, 1.82) is 0 Å². The number of rotatable bonds is 3. The quantitative estimate of drug-likeness (QED) is 0.429. The molecule has 0 atom stereocenters. The van der Waals surface area contributed by atoms with Gasteiger partial charge in [0.25, 0.3) is 0 Å². The van der Waals surface area contributed by atoms with Crippen molar-refractivity contribution in [3.63, 3.8) is 0 Å². The highest BCUT2D eigenvalue weighted by Gasteiger charge is 2.12. The van der Waals surface area contributed by atoms with E-state index in [2.05, 4.69) is 71.7 Å². The van der Waals surface area contributed by atoms with Crippen molar-refractivity contribution >= 4 is 32.6 Å². The first-order valence-corrected chi connectivity index (χ1v) is 8.49. The van der Waals surface area contributed by atoms with Crippen LogP contribution in [0.5, 0.6) is 5.75 Å². The molecule has 0 aliphatic rings. The van der Waals surface area contributed by atoms with Gasteiger partial charge in [-0.3, -0.25) is 0 Å². The van der Waals surface area contributed by atoms with E-state index in [0.717, 1.165) is 22.2 Å². The Morgan fingerprint density at radius 3 is 2.16 bits per heavy atom. The average molecular weight is 323 g/mol. The third-order valence-corrected chi connectivity index (χ3v) is 4.71. The number of hydrogen-bond acceptors (Lipinski definition) is 1. The molecule has 2 heteroatoms. The molecule has 0 aliphatic heterocycles. The van der Waals surface area contributed by atoms with Crippen LogP contribution in [0.25, 0.3) is 32.6 Å². The van der Waals surface area contributed by atoms with E-state index >= 15 is 0 Å². The molecule has 1 aromatic heterocycles. The van der Waals surface area contributed by atoms with Gasteiger partial charge < -0.3 is 9.72 Å². The standard InChI is InChI=1S/C23H17NO/c1-2-8-16(9-3-1)15-25-22-14-21-23(18-11-5-4-10-17(18)22)19-12-6-7-13-20(19)24-21/h1-14,24H,15H2. The van der Waals surface area contributed by atoms with Crippen LogP contribution in [-0.4, -0.2) is 4.98 Å². The molecule has 5 aromatic rings. The molecule has 120 valence electrons. The van der Waals surface area contributed by atoms with Crippen molar-refractivity contribution in [2.75, 3.05) is 0 Å². The van der Waals surface area contributed by atoms with Crippen LogP contribution in [0.2, 0.25) is 0 Å². The molecule has 5 rings (SSSR count). The van der Waals surface area contributed by atoms with Gasteiger partial charge in [0, 0.05) is 27.7 Å². The highest BCUT2D eigenvalue weighted by molar-refractivity contribution is 6.21. The summed E-state index contributed by atoms with van der Waals surface area (Å²) in [5.41, 5.74) is 3.44. The number of para-hydroxylation sites is 1. The van der Waals surface area contributed by atoms with E-state index < -0.39 is 0 Å². The van der Waals surface area contributed by atoms with Crippen LogP contribution >= 0.6 is 0 Å². The largest absolute Gasteiger partial charge is 0.488 e. The normalized spacial score (nSPS) is 11.4. The molecule has 0 amide bonds. The molecule has 0 fully saturated rings. The average Bonchev–Trinajstić information content (AvgIpc) is 3.05. The first-order valence-electron chi connectivity index (χ1n) is 8.49. The number of aromatic nitrogens is 1. The van der Waals surface area contributed by atoms with Crippen LogP contribution < -0.4 is 4.74 Å². The molecule has 25 heavy (non-hydrogen) atoms. The summed E-state index contributed by atoms with van der Waals surface area (Å²) in [7, 11) is 0. The van der Waals surface area contributed by atoms with Crippen molar-refractivity contribution in [3.8, 4) is 5.75 Å². The Kier molecular flexibility index (Phi) is 3.20. The predicted molar refractivity (Wildman–Crippen MR) is 104 cm³/mol. The summed E-state index contributed by atoms with van der Waals surface area (Å²) in [5, 5.41) is 4.89. The van der Waals surface area contributed by atoms with Gasteiger partial charge in [-0.15, -0.1) is 0 Å². The molecule has 0 saturated carbocycles. The Balaban J connectivity index is 1.71. The lowest BCUT2D eigenvalue weighted by Crippen LogP contribution is -1.96. The molecular formula is C23H17NO. The zero-order chi connectivity index (χ0) is 16.6. The minimum absolute atomic E-state index is 0.566. The molecule has 2 nitrogen and oxygen atoms in total. The van der Waals surface area contributed by atoms with Gasteiger partial charge in [0.2, 0.25) is 0 Å². The number of hydrogen-bond donors (Lipinski definition) is 1. The maximum Gasteiger partial charge on any atom is 0.129 e. The molecule has 0 spiro atoms. The van der Waals surface area contributed by atoms with Gasteiger partial charge >= 0.3 is 0 Å². The fraction of sp³-hybridized carbons (Fsp3) is 0.0435. The van der Waals surface area contributed by atoms with Crippen molar-refractivity contribution in [3.05, 3.63) is 90.5 Å². The molecule has 1 heterocycles. The second-order valence-corrected chi connectivity index (χ2v) is 6.29. The Hall–Kier alpha value is -3.26. The van der Waals surface area contributed by atoms with Gasteiger partial charge in [-0.2, -0.15) is 0 Å². The zero-order valence-electron chi connectivity index (χ0n) is 13.7. The van der Waals surface area contributed by atoms with Crippen molar-refractivity contribution < 1.29 is 4.74 Å². The summed E-state index contributed by atoms with van der Waals surface area (Å²) in [6.07, 6.45) is 0. The molecule has 0 unspecified atom stereocenters. The van der Waals surface area contributed by atoms with E-state index in [-0.39, 0.29) is 0 Å². The van der Waals surface area contributed by atoms with Crippen LogP contribution in [-0.2, 0) is 6.61 Å². The van der Waals surface area contributed by atoms with E-state index in [1.54, 1.807) is 0 Å². The Morgan fingerprint density at radius 2 is 1.32 bits per heavy atom. The molecule has 0 aliphatic carbocycles. The van der Waals surface area contributed by atoms with E-state index in [1.807, 2.05) is 18.2 Å². The third-order valence-electron chi connectivity index (χ3n) is 4.71. The molecular weight excluding hydrogens is 306 g/mol. The lowest BCUT2D eigenvalue weighted by Gasteiger charge is -2.11. The number of benzene rings is 4. The van der Waals surface area contributed by atoms with Crippen LogP contribution in [0.3, 0.4) is 0 Å². The maximum atomic E-state index is 6.19. The topological polar surface area (TPSA) is 25.0 Å². The summed E-state index contributed by atoms with van der Waals surface area (Å²) >= 11 is 0. The van der Waals surface area contributed by atoms with Crippen molar-refractivity contribution in [2.45, 2.75) is 6.61 Å². The van der Waals surface area contributed by atoms with Gasteiger partial charge in [-0.05, 0) is 17.0 Å². The molecule has 1 N–H and O–H groups in total. The minimum atomic E-state index is 0.566. The van der Waals surface area contributed by atoms with Crippen LogP contribution in [0, 0.1) is 0 Å². The van der Waals surface area contributed by atoms with Gasteiger partial charge in [-0.1, -0.05) is 72.8 Å². The monoisotopic (exact) mass is 323 g/mol. The van der Waals surface area contributed by atoms with E-state index in [9.17, 15) is 0 Å². The second-order valence-electron chi connectivity index (χ2n) is 6.29. The number of fused-ring (bicyclic) bond motifs is 5. The fourth-order valence-electron chi connectivity index (χ4n) is 3.54. The van der Waals surface area contributed by atoms with E-state index in [0.29, 0.717) is 6.61 Å². The molecule has 0 radical (unpaired) electrons. The number of aromatic amines is 1. The Morgan fingerprint density at radius 1 is 0.640 bits per heavy atom. The first-order chi connectivity index (χ1) is 12.4. The van der Waals surface area contributed by atoms with E-state index in [4.69, 9.17) is 4.74 Å². The van der Waals surface area contributed by atoms with E-state index in [1.165, 1.54) is 21.7 Å². The molecule has 4 aromatic carbocycles. The van der Waals surface area contributed by atoms with Crippen LogP contribution in [0.1, 0.15) is 5.56 Å². The summed E-state index contributed by atoms with van der Waals surface area (Å²) in [5.74, 6) is 0.915. The van der Waals surface area contributed by atoms with Gasteiger partial charge in [0.1, 0.15) is 12.4 Å². The first kappa shape index (κ1) is 14.1. The maximum absolute atomic E-state index is 6.19. The zero-order valence-corrected chi connectivity index (χ0v) is 13.7. The van der Waals surface area contributed by atoms with Gasteiger partial charge in [0.15, 0.2) is 0 Å². The van der Waals surface area contributed by atoms with Gasteiger partial charge in [0.05, 0.1) is 5.52 Å². The minimum Gasteiger partial charge on any atom is -0.488 e. The molecule has 0 saturated heterocycles. The summed E-state index contributed by atoms with van der Waals surface area (Å²) in [4.78, 5) is 3.53. The second kappa shape index (κ2) is 5.67. The third kappa shape index (κ3) is 2.34. The number of H-pyrrole nitrogens is 1. The van der Waals surface area contributed by atoms with Crippen LogP contribution in [0.4, 0.5) is 0 Å². The number of ether oxygens (including phenoxy) is 1. The SMILES string of the molecule is c1ccc(COc2cc3[nH]c4ccccc4c3c3ccccc23)cc1. The fourth-order valence-corrected chi connectivity index (χ4v) is 3.54. The lowest BCUT2D eigenvalue weighted by atomic mass is 10.0. The number of nitrogens with one attached hydrogen (secondary N) is 1. The predicted octanol–water partition coefficient (Wildman–Crippen LogP) is 6.05. The summed E-state index contributed by atoms with van der Waals surface area (Å²) in [6, 6.07) is 29.3. The highest BCUT2D eigenvalue weighted by Crippen LogP contribution is 2.37. The highest BCUT2D eigenvalue weighted by atomic mass is 16.5. The molecule has 0 bridgehead atoms. The van der Waals surface area contributed by atoms with Crippen LogP contribution in [0.15, 0.2) is 84.9 Å². The Labute approximate surface area is 145 Å². The van der Waals surface area contributed by atoms with Crippen molar-refractivity contribution in [2.24, 2.45) is 0 Å². The van der Waals surface area contributed by atoms with Crippen molar-refractivity contribution in [1.82, 2.24) is 4.98 Å². The lowest BCUT2D eigenvalue weighted by molar-refractivity contribution is 0.310. The Bertz CT molecular complexity index is 1190. The smallest absolute Gasteiger partial charge is 0.129 e.